The lowest BCUT2D eigenvalue weighted by Gasteiger charge is -2.32. The summed E-state index contributed by atoms with van der Waals surface area (Å²) in [5.41, 5.74) is 4.42. The molecule has 0 atom stereocenters. The second-order valence-corrected chi connectivity index (χ2v) is 9.46. The van der Waals surface area contributed by atoms with E-state index in [-0.39, 0.29) is 17.7 Å². The van der Waals surface area contributed by atoms with Gasteiger partial charge < -0.3 is 15.5 Å². The predicted octanol–water partition coefficient (Wildman–Crippen LogP) is 4.97. The fourth-order valence-electron chi connectivity index (χ4n) is 3.90. The highest BCUT2D eigenvalue weighted by molar-refractivity contribution is 7.80. The maximum atomic E-state index is 13.0. The van der Waals surface area contributed by atoms with Crippen molar-refractivity contribution in [2.75, 3.05) is 18.4 Å². The van der Waals surface area contributed by atoms with Crippen LogP contribution in [0.25, 0.3) is 11.1 Å². The van der Waals surface area contributed by atoms with Crippen LogP contribution >= 0.6 is 23.6 Å². The van der Waals surface area contributed by atoms with E-state index in [1.54, 1.807) is 0 Å². The number of nitrogens with one attached hydrogen (secondary N) is 2. The number of amides is 2. The van der Waals surface area contributed by atoms with Gasteiger partial charge in [0.2, 0.25) is 5.91 Å². The van der Waals surface area contributed by atoms with Gasteiger partial charge in [-0.05, 0) is 43.6 Å². The van der Waals surface area contributed by atoms with E-state index in [4.69, 9.17) is 12.2 Å². The van der Waals surface area contributed by atoms with Crippen LogP contribution in [0.4, 0.5) is 5.69 Å². The number of thiazole rings is 1. The Bertz CT molecular complexity index is 1170. The molecule has 2 amide bonds. The van der Waals surface area contributed by atoms with Crippen molar-refractivity contribution < 1.29 is 9.59 Å². The molecule has 0 unspecified atom stereocenters. The molecule has 2 N–H and O–H groups in total. The van der Waals surface area contributed by atoms with E-state index in [0.29, 0.717) is 10.8 Å². The van der Waals surface area contributed by atoms with Crippen LogP contribution in [0.15, 0.2) is 53.9 Å². The summed E-state index contributed by atoms with van der Waals surface area (Å²) in [5.74, 6) is -0.0734. The number of thiocarbonyl (C=S) groups is 1. The van der Waals surface area contributed by atoms with Gasteiger partial charge in [-0.1, -0.05) is 48.0 Å². The molecule has 2 aromatic carbocycles. The standard InChI is InChI=1S/C25H26N4O2S2/c1-16-7-9-18(10-8-16)20-5-3-4-6-21(20)27-23(31)22-15-33-24(28-22)19-11-13-29(14-12-19)25(32)26-17(2)30/h3-10,15,19H,11-14H2,1-2H3,(H,27,31)(H,26,30,32). The van der Waals surface area contributed by atoms with Gasteiger partial charge in [0.25, 0.3) is 5.91 Å². The first-order valence-corrected chi connectivity index (χ1v) is 12.2. The minimum absolute atomic E-state index is 0.151. The number of rotatable bonds is 4. The van der Waals surface area contributed by atoms with Crippen LogP contribution in [0.1, 0.15) is 46.7 Å². The van der Waals surface area contributed by atoms with Crippen LogP contribution in [0.3, 0.4) is 0 Å². The SMILES string of the molecule is CC(=O)NC(=S)N1CCC(c2nc(C(=O)Nc3ccccc3-c3ccc(C)cc3)cs2)CC1. The molecule has 2 heterocycles. The monoisotopic (exact) mass is 478 g/mol. The van der Waals surface area contributed by atoms with Gasteiger partial charge in [0, 0.05) is 42.6 Å². The quantitative estimate of drug-likeness (QED) is 0.518. The lowest BCUT2D eigenvalue weighted by atomic mass is 9.98. The highest BCUT2D eigenvalue weighted by Gasteiger charge is 2.25. The van der Waals surface area contributed by atoms with Crippen LogP contribution < -0.4 is 10.6 Å². The first kappa shape index (κ1) is 23.1. The number of anilines is 1. The number of nitrogens with zero attached hydrogens (tertiary/aromatic N) is 2. The molecule has 1 aliphatic rings. The van der Waals surface area contributed by atoms with Crippen molar-refractivity contribution in [3.05, 3.63) is 70.2 Å². The molecule has 8 heteroatoms. The highest BCUT2D eigenvalue weighted by Crippen LogP contribution is 2.32. The van der Waals surface area contributed by atoms with Crippen molar-refractivity contribution in [1.29, 1.82) is 0 Å². The van der Waals surface area contributed by atoms with Crippen LogP contribution in [0.2, 0.25) is 0 Å². The Labute approximate surface area is 203 Å². The Balaban J connectivity index is 1.41. The average Bonchev–Trinajstić information content (AvgIpc) is 3.30. The summed E-state index contributed by atoms with van der Waals surface area (Å²) in [5, 5.41) is 8.99. The summed E-state index contributed by atoms with van der Waals surface area (Å²) >= 11 is 6.81. The van der Waals surface area contributed by atoms with Crippen LogP contribution in [-0.4, -0.2) is 39.9 Å². The third kappa shape index (κ3) is 5.64. The van der Waals surface area contributed by atoms with E-state index >= 15 is 0 Å². The number of carbonyl (C=O) groups excluding carboxylic acids is 2. The summed E-state index contributed by atoms with van der Waals surface area (Å²) in [4.78, 5) is 30.8. The summed E-state index contributed by atoms with van der Waals surface area (Å²) in [6.07, 6.45) is 1.76. The Morgan fingerprint density at radius 1 is 1.09 bits per heavy atom. The zero-order valence-electron chi connectivity index (χ0n) is 18.6. The average molecular weight is 479 g/mol. The Kier molecular flexibility index (Phi) is 7.15. The molecule has 0 aliphatic carbocycles. The van der Waals surface area contributed by atoms with Gasteiger partial charge in [-0.15, -0.1) is 11.3 Å². The highest BCUT2D eigenvalue weighted by atomic mass is 32.1. The molecule has 0 radical (unpaired) electrons. The largest absolute Gasteiger partial charge is 0.349 e. The lowest BCUT2D eigenvalue weighted by molar-refractivity contribution is -0.117. The number of benzene rings is 2. The van der Waals surface area contributed by atoms with E-state index < -0.39 is 0 Å². The van der Waals surface area contributed by atoms with Crippen molar-refractivity contribution in [2.45, 2.75) is 32.6 Å². The first-order valence-electron chi connectivity index (χ1n) is 10.9. The fourth-order valence-corrected chi connectivity index (χ4v) is 5.20. The van der Waals surface area contributed by atoms with E-state index in [2.05, 4.69) is 46.8 Å². The molecule has 1 fully saturated rings. The molecule has 0 saturated carbocycles. The van der Waals surface area contributed by atoms with Crippen molar-refractivity contribution in [2.24, 2.45) is 0 Å². The molecule has 170 valence electrons. The van der Waals surface area contributed by atoms with Gasteiger partial charge in [0.05, 0.1) is 5.01 Å². The number of aromatic nitrogens is 1. The van der Waals surface area contributed by atoms with Crippen molar-refractivity contribution >= 4 is 46.2 Å². The fraction of sp³-hybridized carbons (Fsp3) is 0.280. The molecule has 33 heavy (non-hydrogen) atoms. The molecule has 4 rings (SSSR count). The number of carbonyl (C=O) groups is 2. The summed E-state index contributed by atoms with van der Waals surface area (Å²) < 4.78 is 0. The van der Waals surface area contributed by atoms with Crippen LogP contribution in [0.5, 0.6) is 0 Å². The number of likely N-dealkylation sites (tertiary alicyclic amines) is 1. The Hall–Kier alpha value is -3.10. The van der Waals surface area contributed by atoms with Gasteiger partial charge >= 0.3 is 0 Å². The molecule has 0 bridgehead atoms. The Morgan fingerprint density at radius 3 is 2.48 bits per heavy atom. The van der Waals surface area contributed by atoms with E-state index in [1.807, 2.05) is 34.5 Å². The van der Waals surface area contributed by atoms with Crippen molar-refractivity contribution in [1.82, 2.24) is 15.2 Å². The van der Waals surface area contributed by atoms with E-state index in [9.17, 15) is 9.59 Å². The van der Waals surface area contributed by atoms with Gasteiger partial charge in [-0.2, -0.15) is 0 Å². The zero-order valence-corrected chi connectivity index (χ0v) is 20.3. The molecule has 1 saturated heterocycles. The predicted molar refractivity (Wildman–Crippen MR) is 137 cm³/mol. The van der Waals surface area contributed by atoms with E-state index in [0.717, 1.165) is 47.8 Å². The number of aryl methyl sites for hydroxylation is 1. The molecule has 1 aromatic heterocycles. The summed E-state index contributed by atoms with van der Waals surface area (Å²) in [6.45, 7) is 5.03. The molecule has 6 nitrogen and oxygen atoms in total. The van der Waals surface area contributed by atoms with Crippen LogP contribution in [0, 0.1) is 6.92 Å². The third-order valence-electron chi connectivity index (χ3n) is 5.71. The number of piperidine rings is 1. The molecule has 1 aliphatic heterocycles. The number of hydrogen-bond acceptors (Lipinski definition) is 5. The second kappa shape index (κ2) is 10.2. The minimum atomic E-state index is -0.207. The maximum Gasteiger partial charge on any atom is 0.275 e. The van der Waals surface area contributed by atoms with Gasteiger partial charge in [0.15, 0.2) is 5.11 Å². The minimum Gasteiger partial charge on any atom is -0.349 e. The molecular formula is C25H26N4O2S2. The smallest absolute Gasteiger partial charge is 0.275 e. The van der Waals surface area contributed by atoms with Crippen LogP contribution in [-0.2, 0) is 4.79 Å². The maximum absolute atomic E-state index is 13.0. The van der Waals surface area contributed by atoms with Crippen molar-refractivity contribution in [3.63, 3.8) is 0 Å². The van der Waals surface area contributed by atoms with E-state index in [1.165, 1.54) is 23.8 Å². The zero-order chi connectivity index (χ0) is 23.4. The normalized spacial score (nSPS) is 14.1. The number of para-hydroxylation sites is 1. The topological polar surface area (TPSA) is 74.3 Å². The van der Waals surface area contributed by atoms with Gasteiger partial charge in [0.1, 0.15) is 5.69 Å². The summed E-state index contributed by atoms with van der Waals surface area (Å²) in [7, 11) is 0. The van der Waals surface area contributed by atoms with Gasteiger partial charge in [-0.25, -0.2) is 4.98 Å². The third-order valence-corrected chi connectivity index (χ3v) is 7.07. The lowest BCUT2D eigenvalue weighted by Crippen LogP contribution is -2.45. The molecule has 0 spiro atoms. The Morgan fingerprint density at radius 2 is 1.79 bits per heavy atom. The summed E-state index contributed by atoms with van der Waals surface area (Å²) in [6, 6.07) is 16.1. The first-order chi connectivity index (χ1) is 15.9. The second-order valence-electron chi connectivity index (χ2n) is 8.18. The number of hydrogen-bond donors (Lipinski definition) is 2. The van der Waals surface area contributed by atoms with Gasteiger partial charge in [-0.3, -0.25) is 9.59 Å². The molecular weight excluding hydrogens is 452 g/mol. The van der Waals surface area contributed by atoms with Crippen molar-refractivity contribution in [3.8, 4) is 11.1 Å². The molecule has 3 aromatic rings.